The Morgan fingerprint density at radius 3 is 2.47 bits per heavy atom. The Bertz CT molecular complexity index is 1350. The molecular weight excluding hydrogens is 517 g/mol. The van der Waals surface area contributed by atoms with Crippen molar-refractivity contribution in [2.45, 2.75) is 24.3 Å². The summed E-state index contributed by atoms with van der Waals surface area (Å²) >= 11 is 18.7. The molecule has 1 N–H and O–H groups in total. The lowest BCUT2D eigenvalue weighted by atomic mass is 10.0. The first-order valence-corrected chi connectivity index (χ1v) is 13.0. The summed E-state index contributed by atoms with van der Waals surface area (Å²) < 4.78 is 33.8. The third-order valence-corrected chi connectivity index (χ3v) is 8.10. The lowest BCUT2D eigenvalue weighted by Gasteiger charge is -2.25. The molecule has 0 spiro atoms. The normalized spacial score (nSPS) is 16.0. The fourth-order valence-corrected chi connectivity index (χ4v) is 5.80. The Labute approximate surface area is 214 Å². The van der Waals surface area contributed by atoms with Crippen LogP contribution in [-0.4, -0.2) is 27.8 Å². The molecule has 0 saturated heterocycles. The van der Waals surface area contributed by atoms with Crippen LogP contribution < -0.4 is 14.5 Å². The second-order valence-electron chi connectivity index (χ2n) is 7.79. The van der Waals surface area contributed by atoms with Crippen LogP contribution in [0, 0.1) is 6.92 Å². The molecule has 4 rings (SSSR count). The van der Waals surface area contributed by atoms with E-state index in [1.165, 1.54) is 6.07 Å². The summed E-state index contributed by atoms with van der Waals surface area (Å²) in [7, 11) is -2.17. The van der Waals surface area contributed by atoms with Gasteiger partial charge in [0, 0.05) is 16.5 Å². The standard InChI is InChI=1S/C24H22Cl3N3O3S/c1-15-20(26)4-3-5-24(15)34(31,32)28-14-18-13-23(16-6-9-19(33-2)10-7-16)30(29-18)22-11-8-17(25)12-21(22)27/h3-12,23,28H,13-14H2,1-2H3. The van der Waals surface area contributed by atoms with Gasteiger partial charge in [-0.2, -0.15) is 5.10 Å². The third kappa shape index (κ3) is 5.19. The molecule has 0 aromatic heterocycles. The summed E-state index contributed by atoms with van der Waals surface area (Å²) in [6.07, 6.45) is 0.502. The second kappa shape index (κ2) is 10.1. The zero-order valence-electron chi connectivity index (χ0n) is 18.4. The van der Waals surface area contributed by atoms with E-state index < -0.39 is 10.0 Å². The highest BCUT2D eigenvalue weighted by Gasteiger charge is 2.31. The number of nitrogens with one attached hydrogen (secondary N) is 1. The molecule has 6 nitrogen and oxygen atoms in total. The van der Waals surface area contributed by atoms with Crippen LogP contribution in [0.4, 0.5) is 5.69 Å². The maximum atomic E-state index is 12.9. The van der Waals surface area contributed by atoms with E-state index in [1.807, 2.05) is 24.3 Å². The monoisotopic (exact) mass is 537 g/mol. The van der Waals surface area contributed by atoms with Crippen molar-refractivity contribution in [1.29, 1.82) is 0 Å². The van der Waals surface area contributed by atoms with Crippen molar-refractivity contribution in [2.24, 2.45) is 5.10 Å². The van der Waals surface area contributed by atoms with E-state index >= 15 is 0 Å². The van der Waals surface area contributed by atoms with Gasteiger partial charge < -0.3 is 4.74 Å². The average molecular weight is 539 g/mol. The first-order valence-electron chi connectivity index (χ1n) is 10.4. The van der Waals surface area contributed by atoms with Crippen molar-refractivity contribution in [3.63, 3.8) is 0 Å². The number of hydrogen-bond donors (Lipinski definition) is 1. The lowest BCUT2D eigenvalue weighted by molar-refractivity contribution is 0.414. The van der Waals surface area contributed by atoms with Crippen molar-refractivity contribution >= 4 is 56.2 Å². The predicted octanol–water partition coefficient (Wildman–Crippen LogP) is 6.25. The van der Waals surface area contributed by atoms with Crippen LogP contribution in [0.15, 0.2) is 70.7 Å². The van der Waals surface area contributed by atoms with Gasteiger partial charge in [0.1, 0.15) is 5.75 Å². The second-order valence-corrected chi connectivity index (χ2v) is 10.8. The molecule has 1 heterocycles. The number of halogens is 3. The minimum atomic E-state index is -3.78. The van der Waals surface area contributed by atoms with E-state index in [4.69, 9.17) is 44.6 Å². The minimum Gasteiger partial charge on any atom is -0.497 e. The molecule has 1 atom stereocenters. The highest BCUT2D eigenvalue weighted by Crippen LogP contribution is 2.40. The zero-order valence-corrected chi connectivity index (χ0v) is 21.5. The predicted molar refractivity (Wildman–Crippen MR) is 138 cm³/mol. The van der Waals surface area contributed by atoms with Gasteiger partial charge in [0.05, 0.1) is 41.0 Å². The summed E-state index contributed by atoms with van der Waals surface area (Å²) in [5, 5.41) is 7.88. The Balaban J connectivity index is 1.63. The number of anilines is 1. The van der Waals surface area contributed by atoms with Crippen molar-refractivity contribution in [3.05, 3.63) is 86.9 Å². The fraction of sp³-hybridized carbons (Fsp3) is 0.208. The maximum Gasteiger partial charge on any atom is 0.241 e. The molecule has 3 aromatic rings. The topological polar surface area (TPSA) is 71.0 Å². The largest absolute Gasteiger partial charge is 0.497 e. The molecule has 178 valence electrons. The quantitative estimate of drug-likeness (QED) is 0.386. The molecule has 0 fully saturated rings. The van der Waals surface area contributed by atoms with E-state index in [-0.39, 0.29) is 17.5 Å². The molecule has 1 aliphatic heterocycles. The average Bonchev–Trinajstić information content (AvgIpc) is 3.23. The SMILES string of the molecule is COc1ccc(C2CC(CNS(=O)(=O)c3cccc(Cl)c3C)=NN2c2ccc(Cl)cc2Cl)cc1. The van der Waals surface area contributed by atoms with Crippen molar-refractivity contribution in [3.8, 4) is 5.75 Å². The molecule has 0 saturated carbocycles. The van der Waals surface area contributed by atoms with Gasteiger partial charge in [0.2, 0.25) is 10.0 Å². The van der Waals surface area contributed by atoms with Crippen LogP contribution >= 0.6 is 34.8 Å². The van der Waals surface area contributed by atoms with Gasteiger partial charge in [-0.25, -0.2) is 13.1 Å². The molecular formula is C24H22Cl3N3O3S. The van der Waals surface area contributed by atoms with E-state index in [0.717, 1.165) is 11.3 Å². The van der Waals surface area contributed by atoms with E-state index in [1.54, 1.807) is 49.4 Å². The molecule has 34 heavy (non-hydrogen) atoms. The van der Waals surface area contributed by atoms with Gasteiger partial charge in [-0.1, -0.05) is 53.0 Å². The minimum absolute atomic E-state index is 0.0443. The molecule has 0 radical (unpaired) electrons. The molecule has 0 bridgehead atoms. The van der Waals surface area contributed by atoms with Crippen LogP contribution in [-0.2, 0) is 10.0 Å². The van der Waals surface area contributed by atoms with Gasteiger partial charge in [-0.15, -0.1) is 0 Å². The smallest absolute Gasteiger partial charge is 0.241 e. The zero-order chi connectivity index (χ0) is 24.5. The van der Waals surface area contributed by atoms with Crippen molar-refractivity contribution in [1.82, 2.24) is 4.72 Å². The summed E-state index contributed by atoms with van der Waals surface area (Å²) in [5.74, 6) is 0.739. The Morgan fingerprint density at radius 2 is 1.79 bits per heavy atom. The van der Waals surface area contributed by atoms with E-state index in [2.05, 4.69) is 4.72 Å². The summed E-state index contributed by atoms with van der Waals surface area (Å²) in [6, 6.07) is 17.5. The number of methoxy groups -OCH3 is 1. The number of hydrazone groups is 1. The van der Waals surface area contributed by atoms with Gasteiger partial charge in [-0.3, -0.25) is 5.01 Å². The number of rotatable bonds is 7. The number of ether oxygens (including phenoxy) is 1. The maximum absolute atomic E-state index is 12.9. The van der Waals surface area contributed by atoms with Crippen LogP contribution in [0.5, 0.6) is 5.75 Å². The van der Waals surface area contributed by atoms with Crippen molar-refractivity contribution in [2.75, 3.05) is 18.7 Å². The van der Waals surface area contributed by atoms with Gasteiger partial charge >= 0.3 is 0 Å². The van der Waals surface area contributed by atoms with Crippen LogP contribution in [0.3, 0.4) is 0 Å². The number of hydrogen-bond acceptors (Lipinski definition) is 5. The molecule has 0 amide bonds. The Hall–Kier alpha value is -2.29. The van der Waals surface area contributed by atoms with Crippen molar-refractivity contribution < 1.29 is 13.2 Å². The summed E-state index contributed by atoms with van der Waals surface area (Å²) in [4.78, 5) is 0.142. The molecule has 1 unspecified atom stereocenters. The Kier molecular flexibility index (Phi) is 7.40. The fourth-order valence-electron chi connectivity index (χ4n) is 3.79. The molecule has 10 heteroatoms. The first kappa shape index (κ1) is 24.8. The van der Waals surface area contributed by atoms with Gasteiger partial charge in [0.15, 0.2) is 0 Å². The molecule has 1 aliphatic rings. The van der Waals surface area contributed by atoms with Crippen LogP contribution in [0.25, 0.3) is 0 Å². The highest BCUT2D eigenvalue weighted by molar-refractivity contribution is 7.89. The summed E-state index contributed by atoms with van der Waals surface area (Å²) in [6.45, 7) is 1.72. The van der Waals surface area contributed by atoms with E-state index in [0.29, 0.717) is 38.5 Å². The van der Waals surface area contributed by atoms with Crippen LogP contribution in [0.2, 0.25) is 15.1 Å². The Morgan fingerprint density at radius 1 is 1.06 bits per heavy atom. The van der Waals surface area contributed by atoms with Gasteiger partial charge in [-0.05, 0) is 60.5 Å². The third-order valence-electron chi connectivity index (χ3n) is 5.60. The number of sulfonamides is 1. The molecule has 3 aromatic carbocycles. The first-order chi connectivity index (χ1) is 16.2. The van der Waals surface area contributed by atoms with E-state index in [9.17, 15) is 8.42 Å². The summed E-state index contributed by atoms with van der Waals surface area (Å²) in [5.41, 5.74) is 2.82. The van der Waals surface area contributed by atoms with Crippen LogP contribution in [0.1, 0.15) is 23.6 Å². The number of nitrogens with zero attached hydrogens (tertiary/aromatic N) is 2. The van der Waals surface area contributed by atoms with Gasteiger partial charge in [0.25, 0.3) is 0 Å². The lowest BCUT2D eigenvalue weighted by Crippen LogP contribution is -2.29. The molecule has 0 aliphatic carbocycles. The number of benzene rings is 3. The highest BCUT2D eigenvalue weighted by atomic mass is 35.5.